The third kappa shape index (κ3) is 3.17. The number of hydrogen-bond acceptors (Lipinski definition) is 4. The number of rotatable bonds is 7. The second-order valence-electron chi connectivity index (χ2n) is 7.13. The first-order valence-corrected chi connectivity index (χ1v) is 10.5. The molecule has 3 atom stereocenters. The number of methoxy groups -OCH3 is 1. The van der Waals surface area contributed by atoms with Crippen LogP contribution in [0.2, 0.25) is 0 Å². The predicted octanol–water partition coefficient (Wildman–Crippen LogP) is 3.21. The van der Waals surface area contributed by atoms with Gasteiger partial charge >= 0.3 is 5.97 Å². The molecule has 2 aromatic rings. The number of aryl methyl sites for hydroxylation is 2. The first-order chi connectivity index (χ1) is 12.8. The van der Waals surface area contributed by atoms with Gasteiger partial charge in [-0.1, -0.05) is 48.9 Å². The van der Waals surface area contributed by atoms with Crippen LogP contribution in [0, 0.1) is 12.3 Å². The Kier molecular flexibility index (Phi) is 5.14. The molecule has 0 spiro atoms. The molecule has 1 aliphatic carbocycles. The van der Waals surface area contributed by atoms with Gasteiger partial charge in [-0.2, -0.15) is 0 Å². The van der Waals surface area contributed by atoms with Gasteiger partial charge in [0.1, 0.15) is 5.41 Å². The summed E-state index contributed by atoms with van der Waals surface area (Å²) in [6, 6.07) is 14.0. The number of benzene rings is 2. The molecule has 0 saturated heterocycles. The van der Waals surface area contributed by atoms with E-state index in [0.717, 1.165) is 17.5 Å². The van der Waals surface area contributed by atoms with E-state index in [1.54, 1.807) is 24.3 Å². The average Bonchev–Trinajstić information content (AvgIpc) is 3.33. The average molecular weight is 388 g/mol. The molecule has 1 fully saturated rings. The van der Waals surface area contributed by atoms with Gasteiger partial charge in [-0.05, 0) is 36.6 Å². The van der Waals surface area contributed by atoms with Gasteiger partial charge in [-0.25, -0.2) is 8.42 Å². The lowest BCUT2D eigenvalue weighted by molar-refractivity contribution is -0.145. The molecule has 6 heteroatoms. The van der Waals surface area contributed by atoms with Crippen molar-refractivity contribution in [2.45, 2.75) is 36.3 Å². The summed E-state index contributed by atoms with van der Waals surface area (Å²) >= 11 is 0. The van der Waals surface area contributed by atoms with E-state index in [1.807, 2.05) is 38.1 Å². The molecule has 0 bridgehead atoms. The van der Waals surface area contributed by atoms with E-state index < -0.39 is 32.4 Å². The lowest BCUT2D eigenvalue weighted by atomic mass is 9.99. The highest BCUT2D eigenvalue weighted by molar-refractivity contribution is 7.92. The Morgan fingerprint density at radius 3 is 2.19 bits per heavy atom. The molecule has 0 amide bonds. The Hall–Kier alpha value is -2.18. The van der Waals surface area contributed by atoms with Crippen molar-refractivity contribution < 1.29 is 23.1 Å². The first kappa shape index (κ1) is 19.6. The normalized spacial score (nSPS) is 24.6. The lowest BCUT2D eigenvalue weighted by Crippen LogP contribution is -2.28. The van der Waals surface area contributed by atoms with Crippen molar-refractivity contribution in [2.75, 3.05) is 13.7 Å². The van der Waals surface area contributed by atoms with Gasteiger partial charge in [0, 0.05) is 13.0 Å². The topological polar surface area (TPSA) is 80.7 Å². The van der Waals surface area contributed by atoms with E-state index in [4.69, 9.17) is 4.74 Å². The second kappa shape index (κ2) is 7.09. The monoisotopic (exact) mass is 388 g/mol. The smallest absolute Gasteiger partial charge is 0.314 e. The van der Waals surface area contributed by atoms with Crippen molar-refractivity contribution in [2.24, 2.45) is 5.41 Å². The molecule has 0 radical (unpaired) electrons. The van der Waals surface area contributed by atoms with E-state index >= 15 is 0 Å². The van der Waals surface area contributed by atoms with E-state index in [2.05, 4.69) is 0 Å². The van der Waals surface area contributed by atoms with Crippen molar-refractivity contribution >= 4 is 15.8 Å². The minimum atomic E-state index is -3.83. The van der Waals surface area contributed by atoms with E-state index in [-0.39, 0.29) is 11.5 Å². The molecule has 5 nitrogen and oxygen atoms in total. The van der Waals surface area contributed by atoms with Crippen molar-refractivity contribution in [1.82, 2.24) is 0 Å². The highest BCUT2D eigenvalue weighted by Crippen LogP contribution is 2.64. The highest BCUT2D eigenvalue weighted by Gasteiger charge is 2.76. The van der Waals surface area contributed by atoms with Gasteiger partial charge in [-0.15, -0.1) is 0 Å². The molecule has 2 aromatic carbocycles. The zero-order valence-electron chi connectivity index (χ0n) is 15.7. The van der Waals surface area contributed by atoms with Gasteiger partial charge in [0.05, 0.1) is 16.8 Å². The maximum atomic E-state index is 13.3. The maximum Gasteiger partial charge on any atom is 0.314 e. The molecule has 144 valence electrons. The highest BCUT2D eigenvalue weighted by atomic mass is 32.2. The van der Waals surface area contributed by atoms with Crippen molar-refractivity contribution in [3.05, 3.63) is 65.2 Å². The van der Waals surface area contributed by atoms with Crippen LogP contribution in [0.3, 0.4) is 0 Å². The fraction of sp³-hybridized carbons (Fsp3) is 0.381. The van der Waals surface area contributed by atoms with Crippen LogP contribution < -0.4 is 0 Å². The van der Waals surface area contributed by atoms with E-state index in [9.17, 15) is 18.3 Å². The molecule has 0 aliphatic heterocycles. The summed E-state index contributed by atoms with van der Waals surface area (Å²) in [6.07, 6.45) is 0.859. The molecular weight excluding hydrogens is 364 g/mol. The fourth-order valence-corrected chi connectivity index (χ4v) is 6.25. The van der Waals surface area contributed by atoms with Crippen LogP contribution in [0.1, 0.15) is 29.5 Å². The molecule has 3 unspecified atom stereocenters. The molecule has 1 N–H and O–H groups in total. The molecule has 0 heterocycles. The van der Waals surface area contributed by atoms with Gasteiger partial charge in [-0.3, -0.25) is 4.79 Å². The summed E-state index contributed by atoms with van der Waals surface area (Å²) in [4.78, 5) is 12.3. The third-order valence-electron chi connectivity index (χ3n) is 5.47. The van der Waals surface area contributed by atoms with Gasteiger partial charge in [0.15, 0.2) is 9.84 Å². The minimum Gasteiger partial charge on any atom is -0.481 e. The SMILES string of the molecule is CCc1ccc(C2C(S(=O)(=O)c3ccc(C)cc3)C2(COC)C(=O)O)cc1. The quantitative estimate of drug-likeness (QED) is 0.788. The summed E-state index contributed by atoms with van der Waals surface area (Å²) < 4.78 is 31.7. The zero-order chi connectivity index (χ0) is 19.8. The van der Waals surface area contributed by atoms with Crippen LogP contribution in [-0.2, 0) is 25.8 Å². The standard InChI is InChI=1S/C21H24O5S/c1-4-15-7-9-16(10-8-15)18-19(21(18,13-26-3)20(22)23)27(24,25)17-11-5-14(2)6-12-17/h5-12,18-19H,4,13H2,1-3H3,(H,22,23). The Bertz CT molecular complexity index is 932. The maximum absolute atomic E-state index is 13.3. The largest absolute Gasteiger partial charge is 0.481 e. The van der Waals surface area contributed by atoms with Crippen LogP contribution in [0.4, 0.5) is 0 Å². The van der Waals surface area contributed by atoms with Crippen molar-refractivity contribution in [1.29, 1.82) is 0 Å². The lowest BCUT2D eigenvalue weighted by Gasteiger charge is -2.12. The summed E-state index contributed by atoms with van der Waals surface area (Å²) in [5.74, 6) is -1.79. The third-order valence-corrected chi connectivity index (χ3v) is 7.76. The minimum absolute atomic E-state index is 0.146. The summed E-state index contributed by atoms with van der Waals surface area (Å²) in [7, 11) is -2.43. The Labute approximate surface area is 159 Å². The van der Waals surface area contributed by atoms with Gasteiger partial charge in [0.25, 0.3) is 0 Å². The molecule has 1 aliphatic rings. The number of sulfone groups is 1. The molecule has 3 rings (SSSR count). The molecule has 1 saturated carbocycles. The van der Waals surface area contributed by atoms with Crippen LogP contribution >= 0.6 is 0 Å². The van der Waals surface area contributed by atoms with Crippen molar-refractivity contribution in [3.63, 3.8) is 0 Å². The number of hydrogen-bond donors (Lipinski definition) is 1. The van der Waals surface area contributed by atoms with Crippen LogP contribution in [-0.4, -0.2) is 38.5 Å². The zero-order valence-corrected chi connectivity index (χ0v) is 16.5. The number of carboxylic acid groups (broad SMARTS) is 1. The Morgan fingerprint density at radius 1 is 1.11 bits per heavy atom. The number of carbonyl (C=O) groups is 1. The summed E-state index contributed by atoms with van der Waals surface area (Å²) in [5, 5.41) is 8.89. The molecular formula is C21H24O5S. The van der Waals surface area contributed by atoms with Gasteiger partial charge < -0.3 is 9.84 Å². The number of ether oxygens (including phenoxy) is 1. The van der Waals surface area contributed by atoms with E-state index in [0.29, 0.717) is 5.56 Å². The summed E-state index contributed by atoms with van der Waals surface area (Å²) in [6.45, 7) is 3.75. The van der Waals surface area contributed by atoms with Crippen LogP contribution in [0.25, 0.3) is 0 Å². The van der Waals surface area contributed by atoms with Crippen molar-refractivity contribution in [3.8, 4) is 0 Å². The summed E-state index contributed by atoms with van der Waals surface area (Å²) in [5.41, 5.74) is 1.29. The van der Waals surface area contributed by atoms with Crippen LogP contribution in [0.15, 0.2) is 53.4 Å². The second-order valence-corrected chi connectivity index (χ2v) is 9.20. The number of carboxylic acids is 1. The molecule has 27 heavy (non-hydrogen) atoms. The predicted molar refractivity (Wildman–Crippen MR) is 103 cm³/mol. The van der Waals surface area contributed by atoms with E-state index in [1.165, 1.54) is 7.11 Å². The molecule has 0 aromatic heterocycles. The first-order valence-electron chi connectivity index (χ1n) is 8.90. The van der Waals surface area contributed by atoms with Gasteiger partial charge in [0.2, 0.25) is 0 Å². The fourth-order valence-electron chi connectivity index (χ4n) is 3.90. The number of aliphatic carboxylic acids is 1. The Morgan fingerprint density at radius 2 is 1.70 bits per heavy atom. The Balaban J connectivity index is 2.09. The van der Waals surface area contributed by atoms with Crippen LogP contribution in [0.5, 0.6) is 0 Å².